The van der Waals surface area contributed by atoms with Gasteiger partial charge in [0.2, 0.25) is 5.91 Å². The summed E-state index contributed by atoms with van der Waals surface area (Å²) < 4.78 is 0.858. The van der Waals surface area contributed by atoms with Crippen LogP contribution in [-0.2, 0) is 16.1 Å². The highest BCUT2D eigenvalue weighted by molar-refractivity contribution is 9.10. The van der Waals surface area contributed by atoms with Crippen LogP contribution in [0.25, 0.3) is 6.08 Å². The quantitative estimate of drug-likeness (QED) is 0.717. The standard InChI is InChI=1S/C19H15BrN2O3S/c1-12(23)21-15-8-6-13(7-9-15)10-17-18(24)22(19(25)26-17)11-14-4-2-3-5-16(14)20/h2-10H,11H2,1H3,(H,21,23)/b17-10-. The number of anilines is 1. The fraction of sp³-hybridized carbons (Fsp3) is 0.105. The van der Waals surface area contributed by atoms with Gasteiger partial charge in [0, 0.05) is 17.1 Å². The molecule has 3 rings (SSSR count). The van der Waals surface area contributed by atoms with Crippen LogP contribution in [0.4, 0.5) is 10.5 Å². The molecule has 0 spiro atoms. The molecule has 26 heavy (non-hydrogen) atoms. The molecule has 3 amide bonds. The summed E-state index contributed by atoms with van der Waals surface area (Å²) in [4.78, 5) is 37.5. The van der Waals surface area contributed by atoms with E-state index in [2.05, 4.69) is 21.2 Å². The summed E-state index contributed by atoms with van der Waals surface area (Å²) in [6.07, 6.45) is 1.68. The second kappa shape index (κ2) is 7.88. The Bertz CT molecular complexity index is 909. The van der Waals surface area contributed by atoms with Crippen LogP contribution in [0, 0.1) is 0 Å². The van der Waals surface area contributed by atoms with Gasteiger partial charge in [0.25, 0.3) is 11.1 Å². The van der Waals surface area contributed by atoms with Crippen molar-refractivity contribution < 1.29 is 14.4 Å². The predicted molar refractivity (Wildman–Crippen MR) is 106 cm³/mol. The molecular formula is C19H15BrN2O3S. The first kappa shape index (κ1) is 18.4. The van der Waals surface area contributed by atoms with Gasteiger partial charge in [-0.2, -0.15) is 0 Å². The van der Waals surface area contributed by atoms with Gasteiger partial charge in [-0.05, 0) is 47.2 Å². The van der Waals surface area contributed by atoms with E-state index in [1.54, 1.807) is 30.3 Å². The van der Waals surface area contributed by atoms with Crippen molar-refractivity contribution in [3.8, 4) is 0 Å². The maximum Gasteiger partial charge on any atom is 0.293 e. The number of benzene rings is 2. The van der Waals surface area contributed by atoms with Crippen LogP contribution in [-0.4, -0.2) is 22.0 Å². The minimum atomic E-state index is -0.304. The summed E-state index contributed by atoms with van der Waals surface area (Å²) in [5, 5.41) is 2.40. The smallest absolute Gasteiger partial charge is 0.293 e. The number of halogens is 1. The van der Waals surface area contributed by atoms with Crippen LogP contribution in [0.1, 0.15) is 18.1 Å². The van der Waals surface area contributed by atoms with E-state index in [1.807, 2.05) is 24.3 Å². The predicted octanol–water partition coefficient (Wildman–Crippen LogP) is 4.64. The van der Waals surface area contributed by atoms with Crippen LogP contribution >= 0.6 is 27.7 Å². The molecule has 5 nitrogen and oxygen atoms in total. The van der Waals surface area contributed by atoms with Crippen LogP contribution < -0.4 is 5.32 Å². The third kappa shape index (κ3) is 4.23. The van der Waals surface area contributed by atoms with Crippen LogP contribution in [0.3, 0.4) is 0 Å². The van der Waals surface area contributed by atoms with E-state index >= 15 is 0 Å². The number of rotatable bonds is 4. The second-order valence-electron chi connectivity index (χ2n) is 5.66. The molecule has 2 aromatic carbocycles. The molecule has 0 saturated carbocycles. The third-order valence-electron chi connectivity index (χ3n) is 3.69. The van der Waals surface area contributed by atoms with Crippen molar-refractivity contribution in [3.63, 3.8) is 0 Å². The lowest BCUT2D eigenvalue weighted by Gasteiger charge is -2.13. The van der Waals surface area contributed by atoms with E-state index < -0.39 is 0 Å². The molecule has 1 saturated heterocycles. The van der Waals surface area contributed by atoms with Gasteiger partial charge in [0.15, 0.2) is 0 Å². The van der Waals surface area contributed by atoms with Crippen LogP contribution in [0.5, 0.6) is 0 Å². The van der Waals surface area contributed by atoms with Crippen molar-refractivity contribution in [2.24, 2.45) is 0 Å². The summed E-state index contributed by atoms with van der Waals surface area (Å²) in [7, 11) is 0. The molecule has 0 aliphatic carbocycles. The third-order valence-corrected chi connectivity index (χ3v) is 5.37. The molecule has 1 aliphatic rings. The molecule has 132 valence electrons. The first-order valence-corrected chi connectivity index (χ1v) is 9.41. The second-order valence-corrected chi connectivity index (χ2v) is 7.51. The largest absolute Gasteiger partial charge is 0.326 e. The van der Waals surface area contributed by atoms with E-state index in [1.165, 1.54) is 11.8 Å². The number of carbonyl (C=O) groups is 3. The maximum atomic E-state index is 12.6. The van der Waals surface area contributed by atoms with Gasteiger partial charge in [-0.3, -0.25) is 19.3 Å². The molecule has 7 heteroatoms. The average molecular weight is 431 g/mol. The highest BCUT2D eigenvalue weighted by Crippen LogP contribution is 2.34. The topological polar surface area (TPSA) is 66.5 Å². The zero-order chi connectivity index (χ0) is 18.7. The van der Waals surface area contributed by atoms with Crippen LogP contribution in [0.2, 0.25) is 0 Å². The fourth-order valence-electron chi connectivity index (χ4n) is 2.45. The number of hydrogen-bond donors (Lipinski definition) is 1. The zero-order valence-corrected chi connectivity index (χ0v) is 16.3. The van der Waals surface area contributed by atoms with Crippen molar-refractivity contribution in [3.05, 3.63) is 69.0 Å². The number of amides is 3. The van der Waals surface area contributed by atoms with E-state index in [-0.39, 0.29) is 23.6 Å². The summed E-state index contributed by atoms with van der Waals surface area (Å²) in [6, 6.07) is 14.6. The number of hydrogen-bond acceptors (Lipinski definition) is 4. The molecule has 0 unspecified atom stereocenters. The van der Waals surface area contributed by atoms with Gasteiger partial charge >= 0.3 is 0 Å². The van der Waals surface area contributed by atoms with E-state index in [0.29, 0.717) is 10.6 Å². The normalized spacial score (nSPS) is 15.6. The average Bonchev–Trinajstić information content (AvgIpc) is 2.85. The molecular weight excluding hydrogens is 416 g/mol. The molecule has 0 radical (unpaired) electrons. The van der Waals surface area contributed by atoms with Gasteiger partial charge < -0.3 is 5.32 Å². The van der Waals surface area contributed by atoms with Crippen molar-refractivity contribution in [2.75, 3.05) is 5.32 Å². The Morgan fingerprint density at radius 3 is 2.50 bits per heavy atom. The van der Waals surface area contributed by atoms with Gasteiger partial charge in [-0.25, -0.2) is 0 Å². The molecule has 0 atom stereocenters. The fourth-order valence-corrected chi connectivity index (χ4v) is 3.70. The zero-order valence-electron chi connectivity index (χ0n) is 13.9. The lowest BCUT2D eigenvalue weighted by atomic mass is 10.2. The Hall–Kier alpha value is -2.38. The lowest BCUT2D eigenvalue weighted by molar-refractivity contribution is -0.123. The summed E-state index contributed by atoms with van der Waals surface area (Å²) in [5.74, 6) is -0.451. The first-order valence-electron chi connectivity index (χ1n) is 7.80. The van der Waals surface area contributed by atoms with Crippen molar-refractivity contribution in [2.45, 2.75) is 13.5 Å². The molecule has 0 bridgehead atoms. The van der Waals surface area contributed by atoms with Gasteiger partial charge in [-0.1, -0.05) is 46.3 Å². The number of nitrogens with one attached hydrogen (secondary N) is 1. The maximum absolute atomic E-state index is 12.6. The minimum absolute atomic E-state index is 0.147. The Morgan fingerprint density at radius 2 is 1.85 bits per heavy atom. The van der Waals surface area contributed by atoms with Crippen LogP contribution in [0.15, 0.2) is 57.9 Å². The number of carbonyl (C=O) groups excluding carboxylic acids is 3. The van der Waals surface area contributed by atoms with E-state index in [9.17, 15) is 14.4 Å². The first-order chi connectivity index (χ1) is 12.4. The van der Waals surface area contributed by atoms with Gasteiger partial charge in [-0.15, -0.1) is 0 Å². The molecule has 0 aromatic heterocycles. The molecule has 1 aliphatic heterocycles. The van der Waals surface area contributed by atoms with E-state index in [0.717, 1.165) is 27.4 Å². The van der Waals surface area contributed by atoms with Gasteiger partial charge in [0.05, 0.1) is 11.4 Å². The number of nitrogens with zero attached hydrogens (tertiary/aromatic N) is 1. The van der Waals surface area contributed by atoms with Crippen molar-refractivity contribution in [1.82, 2.24) is 4.90 Å². The Labute approximate surface area is 163 Å². The Balaban J connectivity index is 1.76. The van der Waals surface area contributed by atoms with Crippen molar-refractivity contribution in [1.29, 1.82) is 0 Å². The Morgan fingerprint density at radius 1 is 1.15 bits per heavy atom. The molecule has 1 N–H and O–H groups in total. The summed E-state index contributed by atoms with van der Waals surface area (Å²) >= 11 is 4.37. The molecule has 1 heterocycles. The molecule has 1 fully saturated rings. The highest BCUT2D eigenvalue weighted by atomic mass is 79.9. The summed E-state index contributed by atoms with van der Waals surface area (Å²) in [5.41, 5.74) is 2.33. The summed E-state index contributed by atoms with van der Waals surface area (Å²) in [6.45, 7) is 1.67. The highest BCUT2D eigenvalue weighted by Gasteiger charge is 2.35. The molecule has 2 aromatic rings. The van der Waals surface area contributed by atoms with E-state index in [4.69, 9.17) is 0 Å². The lowest BCUT2D eigenvalue weighted by Crippen LogP contribution is -2.27. The monoisotopic (exact) mass is 430 g/mol. The SMILES string of the molecule is CC(=O)Nc1ccc(/C=C2\SC(=O)N(Cc3ccccc3Br)C2=O)cc1. The Kier molecular flexibility index (Phi) is 5.58. The van der Waals surface area contributed by atoms with Crippen molar-refractivity contribution >= 4 is 56.5 Å². The number of thioether (sulfide) groups is 1. The number of imide groups is 1. The minimum Gasteiger partial charge on any atom is -0.326 e. The van der Waals surface area contributed by atoms with Gasteiger partial charge in [0.1, 0.15) is 0 Å².